The molecule has 1 saturated heterocycles. The van der Waals surface area contributed by atoms with Crippen LogP contribution in [0.2, 0.25) is 0 Å². The van der Waals surface area contributed by atoms with Gasteiger partial charge >= 0.3 is 0 Å². The lowest BCUT2D eigenvalue weighted by atomic mass is 9.91. The van der Waals surface area contributed by atoms with Gasteiger partial charge in [-0.3, -0.25) is 4.98 Å². The molecule has 3 aromatic rings. The zero-order valence-corrected chi connectivity index (χ0v) is 15.5. The predicted octanol–water partition coefficient (Wildman–Crippen LogP) is 3.53. The number of imidazole rings is 1. The summed E-state index contributed by atoms with van der Waals surface area (Å²) in [6.45, 7) is 4.53. The maximum Gasteiger partial charge on any atom is 0.125 e. The van der Waals surface area contributed by atoms with Crippen molar-refractivity contribution in [3.63, 3.8) is 0 Å². The molecule has 1 aliphatic heterocycles. The molecule has 0 spiro atoms. The zero-order chi connectivity index (χ0) is 17.9. The summed E-state index contributed by atoms with van der Waals surface area (Å²) < 4.78 is 7.68. The van der Waals surface area contributed by atoms with Crippen LogP contribution in [0.5, 0.6) is 0 Å². The molecule has 0 bridgehead atoms. The monoisotopic (exact) mass is 350 g/mol. The highest BCUT2D eigenvalue weighted by Gasteiger charge is 2.27. The minimum atomic E-state index is 0.241. The molecule has 1 aromatic carbocycles. The van der Waals surface area contributed by atoms with E-state index in [0.29, 0.717) is 5.92 Å². The number of ether oxygens (including phenoxy) is 1. The van der Waals surface area contributed by atoms with Crippen LogP contribution < -0.4 is 5.32 Å². The molecule has 1 fully saturated rings. The van der Waals surface area contributed by atoms with Crippen molar-refractivity contribution in [1.29, 1.82) is 0 Å². The molecule has 136 valence electrons. The van der Waals surface area contributed by atoms with Gasteiger partial charge in [-0.1, -0.05) is 12.1 Å². The lowest BCUT2D eigenvalue weighted by Crippen LogP contribution is -2.33. The number of pyridine rings is 1. The van der Waals surface area contributed by atoms with Gasteiger partial charge in [0.2, 0.25) is 0 Å². The smallest absolute Gasteiger partial charge is 0.125 e. The number of hydrogen-bond acceptors (Lipinski definition) is 4. The Hall–Kier alpha value is -2.24. The summed E-state index contributed by atoms with van der Waals surface area (Å²) in [7, 11) is 2.07. The minimum absolute atomic E-state index is 0.241. The molecule has 0 amide bonds. The molecule has 2 aromatic heterocycles. The van der Waals surface area contributed by atoms with E-state index in [2.05, 4.69) is 57.2 Å². The highest BCUT2D eigenvalue weighted by Crippen LogP contribution is 2.29. The SMILES string of the molecule is Cc1ccc2cc(CNC(c3nccn3C)C3CCOCC3)ccc2n1. The van der Waals surface area contributed by atoms with Crippen LogP contribution in [-0.4, -0.2) is 27.7 Å². The highest BCUT2D eigenvalue weighted by molar-refractivity contribution is 5.79. The fourth-order valence-corrected chi connectivity index (χ4v) is 3.81. The average Bonchev–Trinajstić information content (AvgIpc) is 3.09. The second-order valence-corrected chi connectivity index (χ2v) is 7.18. The van der Waals surface area contributed by atoms with Gasteiger partial charge in [0.1, 0.15) is 5.82 Å². The molecular weight excluding hydrogens is 324 g/mol. The van der Waals surface area contributed by atoms with Crippen molar-refractivity contribution in [3.8, 4) is 0 Å². The van der Waals surface area contributed by atoms with Gasteiger partial charge in [0.15, 0.2) is 0 Å². The fraction of sp³-hybridized carbons (Fsp3) is 0.429. The maximum absolute atomic E-state index is 5.56. The van der Waals surface area contributed by atoms with Gasteiger partial charge in [0.05, 0.1) is 11.6 Å². The molecule has 5 heteroatoms. The van der Waals surface area contributed by atoms with E-state index < -0.39 is 0 Å². The molecule has 1 unspecified atom stereocenters. The molecule has 0 radical (unpaired) electrons. The van der Waals surface area contributed by atoms with Gasteiger partial charge in [-0.05, 0) is 49.4 Å². The number of hydrogen-bond donors (Lipinski definition) is 1. The Labute approximate surface area is 154 Å². The Balaban J connectivity index is 1.54. The molecule has 5 nitrogen and oxygen atoms in total. The zero-order valence-electron chi connectivity index (χ0n) is 15.5. The van der Waals surface area contributed by atoms with Crippen molar-refractivity contribution in [2.45, 2.75) is 32.4 Å². The van der Waals surface area contributed by atoms with Crippen molar-refractivity contribution < 1.29 is 4.74 Å². The molecule has 1 atom stereocenters. The number of benzene rings is 1. The highest BCUT2D eigenvalue weighted by atomic mass is 16.5. The van der Waals surface area contributed by atoms with Crippen molar-refractivity contribution in [2.75, 3.05) is 13.2 Å². The van der Waals surface area contributed by atoms with Crippen molar-refractivity contribution in [1.82, 2.24) is 19.9 Å². The van der Waals surface area contributed by atoms with Crippen LogP contribution in [-0.2, 0) is 18.3 Å². The molecule has 3 heterocycles. The van der Waals surface area contributed by atoms with Gasteiger partial charge in [0.25, 0.3) is 0 Å². The van der Waals surface area contributed by atoms with Gasteiger partial charge in [0, 0.05) is 50.3 Å². The second-order valence-electron chi connectivity index (χ2n) is 7.18. The van der Waals surface area contributed by atoms with E-state index >= 15 is 0 Å². The van der Waals surface area contributed by atoms with Crippen LogP contribution >= 0.6 is 0 Å². The number of aromatic nitrogens is 3. The van der Waals surface area contributed by atoms with E-state index in [-0.39, 0.29) is 6.04 Å². The summed E-state index contributed by atoms with van der Waals surface area (Å²) in [5.74, 6) is 1.66. The molecule has 26 heavy (non-hydrogen) atoms. The van der Waals surface area contributed by atoms with E-state index in [4.69, 9.17) is 4.74 Å². The molecular formula is C21H26N4O. The largest absolute Gasteiger partial charge is 0.381 e. The third kappa shape index (κ3) is 3.64. The van der Waals surface area contributed by atoms with E-state index in [0.717, 1.165) is 49.6 Å². The van der Waals surface area contributed by atoms with E-state index in [9.17, 15) is 0 Å². The van der Waals surface area contributed by atoms with Crippen LogP contribution in [0, 0.1) is 12.8 Å². The number of aryl methyl sites for hydroxylation is 2. The second kappa shape index (κ2) is 7.56. The molecule has 4 rings (SSSR count). The van der Waals surface area contributed by atoms with E-state index in [1.54, 1.807) is 0 Å². The normalized spacial score (nSPS) is 16.8. The minimum Gasteiger partial charge on any atom is -0.381 e. The third-order valence-electron chi connectivity index (χ3n) is 5.29. The number of fused-ring (bicyclic) bond motifs is 1. The first-order valence-corrected chi connectivity index (χ1v) is 9.35. The van der Waals surface area contributed by atoms with Crippen molar-refractivity contribution in [3.05, 3.63) is 59.8 Å². The van der Waals surface area contributed by atoms with Crippen LogP contribution in [0.25, 0.3) is 10.9 Å². The van der Waals surface area contributed by atoms with Crippen molar-refractivity contribution >= 4 is 10.9 Å². The van der Waals surface area contributed by atoms with Crippen molar-refractivity contribution in [2.24, 2.45) is 13.0 Å². The molecule has 0 saturated carbocycles. The Morgan fingerprint density at radius 2 is 2.08 bits per heavy atom. The standard InChI is InChI=1S/C21H26N4O/c1-15-3-5-18-13-16(4-6-19(18)24-15)14-23-20(17-7-11-26-12-8-17)21-22-9-10-25(21)2/h3-6,9-10,13,17,20,23H,7-8,11-12,14H2,1-2H3. The molecule has 0 aliphatic carbocycles. The van der Waals surface area contributed by atoms with Crippen LogP contribution in [0.15, 0.2) is 42.7 Å². The summed E-state index contributed by atoms with van der Waals surface area (Å²) in [6.07, 6.45) is 6.05. The Morgan fingerprint density at radius 3 is 2.85 bits per heavy atom. The lowest BCUT2D eigenvalue weighted by molar-refractivity contribution is 0.0518. The summed E-state index contributed by atoms with van der Waals surface area (Å²) >= 11 is 0. The lowest BCUT2D eigenvalue weighted by Gasteiger charge is -2.30. The summed E-state index contributed by atoms with van der Waals surface area (Å²) in [4.78, 5) is 9.20. The van der Waals surface area contributed by atoms with E-state index in [1.807, 2.05) is 19.3 Å². The Bertz CT molecular complexity index is 883. The summed E-state index contributed by atoms with van der Waals surface area (Å²) in [5.41, 5.74) is 3.38. The number of nitrogens with zero attached hydrogens (tertiary/aromatic N) is 3. The first kappa shape index (κ1) is 17.2. The quantitative estimate of drug-likeness (QED) is 0.765. The van der Waals surface area contributed by atoms with Gasteiger partial charge < -0.3 is 14.6 Å². The molecule has 1 N–H and O–H groups in total. The average molecular weight is 350 g/mol. The van der Waals surface area contributed by atoms with Crippen LogP contribution in [0.1, 0.15) is 36.0 Å². The maximum atomic E-state index is 5.56. The summed E-state index contributed by atoms with van der Waals surface area (Å²) in [5, 5.41) is 4.96. The predicted molar refractivity (Wildman–Crippen MR) is 103 cm³/mol. The first-order valence-electron chi connectivity index (χ1n) is 9.35. The van der Waals surface area contributed by atoms with Gasteiger partial charge in [-0.2, -0.15) is 0 Å². The Morgan fingerprint density at radius 1 is 1.23 bits per heavy atom. The van der Waals surface area contributed by atoms with Crippen LogP contribution in [0.3, 0.4) is 0 Å². The Kier molecular flexibility index (Phi) is 5.00. The van der Waals surface area contributed by atoms with Crippen LogP contribution in [0.4, 0.5) is 0 Å². The third-order valence-corrected chi connectivity index (χ3v) is 5.29. The number of nitrogens with one attached hydrogen (secondary N) is 1. The first-order chi connectivity index (χ1) is 12.7. The fourth-order valence-electron chi connectivity index (χ4n) is 3.81. The van der Waals surface area contributed by atoms with E-state index in [1.165, 1.54) is 10.9 Å². The number of rotatable bonds is 5. The topological polar surface area (TPSA) is 52.0 Å². The van der Waals surface area contributed by atoms with Gasteiger partial charge in [-0.25, -0.2) is 4.98 Å². The summed E-state index contributed by atoms with van der Waals surface area (Å²) in [6, 6.07) is 11.0. The molecule has 1 aliphatic rings. The van der Waals surface area contributed by atoms with Gasteiger partial charge in [-0.15, -0.1) is 0 Å².